The zero-order valence-electron chi connectivity index (χ0n) is 23.5. The van der Waals surface area contributed by atoms with Crippen LogP contribution >= 0.6 is 0 Å². The third-order valence-corrected chi connectivity index (χ3v) is 6.83. The number of alkyl halides is 3. The lowest BCUT2D eigenvalue weighted by Crippen LogP contribution is -2.37. The minimum atomic E-state index is -4.54. The minimum absolute atomic E-state index is 0.0956. The first kappa shape index (κ1) is 29.9. The number of pyridine rings is 1. The molecule has 0 unspecified atom stereocenters. The van der Waals surface area contributed by atoms with Crippen LogP contribution < -0.4 is 15.4 Å². The second kappa shape index (κ2) is 13.6. The van der Waals surface area contributed by atoms with Gasteiger partial charge in [-0.3, -0.25) is 9.69 Å². The smallest absolute Gasteiger partial charge is 0.416 e. The Labute approximate surface area is 247 Å². The number of nitrogens with zero attached hydrogens (tertiary/aromatic N) is 4. The van der Waals surface area contributed by atoms with E-state index in [0.717, 1.165) is 57.9 Å². The van der Waals surface area contributed by atoms with Crippen LogP contribution in [-0.2, 0) is 10.9 Å². The van der Waals surface area contributed by atoms with Gasteiger partial charge < -0.3 is 20.1 Å². The maximum Gasteiger partial charge on any atom is 0.416 e. The Bertz CT molecular complexity index is 1560. The summed E-state index contributed by atoms with van der Waals surface area (Å²) in [6.45, 7) is 6.95. The van der Waals surface area contributed by atoms with E-state index in [0.29, 0.717) is 40.1 Å². The lowest BCUT2D eigenvalue weighted by molar-refractivity contribution is -0.137. The van der Waals surface area contributed by atoms with Crippen molar-refractivity contribution in [2.75, 3.05) is 50.0 Å². The first-order valence-electron chi connectivity index (χ1n) is 13.9. The number of anilines is 2. The van der Waals surface area contributed by atoms with E-state index < -0.39 is 17.6 Å². The Morgan fingerprint density at radius 3 is 2.65 bits per heavy atom. The molecule has 2 N–H and O–H groups in total. The van der Waals surface area contributed by atoms with Crippen molar-refractivity contribution >= 4 is 17.5 Å². The van der Waals surface area contributed by atoms with Crippen LogP contribution in [0.3, 0.4) is 0 Å². The number of morpholine rings is 1. The summed E-state index contributed by atoms with van der Waals surface area (Å²) in [5.41, 5.74) is 1.42. The lowest BCUT2D eigenvalue weighted by Gasteiger charge is -2.26. The molecule has 0 bridgehead atoms. The molecule has 0 radical (unpaired) electrons. The van der Waals surface area contributed by atoms with Gasteiger partial charge in [0.2, 0.25) is 11.8 Å². The summed E-state index contributed by atoms with van der Waals surface area (Å²) in [5.74, 6) is 0.683. The summed E-state index contributed by atoms with van der Waals surface area (Å²) in [7, 11) is 0. The van der Waals surface area contributed by atoms with Crippen molar-refractivity contribution in [3.05, 3.63) is 89.7 Å². The van der Waals surface area contributed by atoms with Crippen molar-refractivity contribution in [2.24, 2.45) is 0 Å². The molecule has 2 aromatic heterocycles. The van der Waals surface area contributed by atoms with Gasteiger partial charge in [-0.15, -0.1) is 0 Å². The lowest BCUT2D eigenvalue weighted by atomic mass is 10.1. The minimum Gasteiger partial charge on any atom is -0.438 e. The largest absolute Gasteiger partial charge is 0.438 e. The predicted octanol–water partition coefficient (Wildman–Crippen LogP) is 6.04. The highest BCUT2D eigenvalue weighted by Crippen LogP contribution is 2.33. The number of halogens is 3. The summed E-state index contributed by atoms with van der Waals surface area (Å²) < 4.78 is 50.7. The van der Waals surface area contributed by atoms with E-state index in [1.54, 1.807) is 49.6 Å². The maximum absolute atomic E-state index is 13.0. The number of amides is 1. The van der Waals surface area contributed by atoms with E-state index in [2.05, 4.69) is 30.5 Å². The average molecular weight is 593 g/mol. The number of carbonyl (C=O) groups excluding carboxylic acids is 1. The van der Waals surface area contributed by atoms with Crippen LogP contribution in [0.1, 0.15) is 27.9 Å². The van der Waals surface area contributed by atoms with Crippen molar-refractivity contribution in [1.29, 1.82) is 0 Å². The third-order valence-electron chi connectivity index (χ3n) is 6.83. The molecule has 4 aromatic rings. The van der Waals surface area contributed by atoms with E-state index in [1.165, 1.54) is 12.1 Å². The fraction of sp³-hybridized carbons (Fsp3) is 0.290. The molecule has 0 saturated carbocycles. The number of rotatable bonds is 10. The van der Waals surface area contributed by atoms with Gasteiger partial charge in [-0.1, -0.05) is 6.07 Å². The second-order valence-electron chi connectivity index (χ2n) is 9.97. The third kappa shape index (κ3) is 8.05. The monoisotopic (exact) mass is 592 g/mol. The molecule has 3 heterocycles. The SMILES string of the molecule is Cc1cc(NC(=O)c2cccc(C(F)(F)F)c2)ccc1Oc1ncccc1-c1ccnc(NCCCN2CCOCC2)n1. The van der Waals surface area contributed by atoms with Crippen LogP contribution in [0.25, 0.3) is 11.3 Å². The van der Waals surface area contributed by atoms with Crippen molar-refractivity contribution in [1.82, 2.24) is 19.9 Å². The Balaban J connectivity index is 1.23. The normalized spacial score (nSPS) is 13.9. The zero-order chi connectivity index (χ0) is 30.2. The predicted molar refractivity (Wildman–Crippen MR) is 156 cm³/mol. The summed E-state index contributed by atoms with van der Waals surface area (Å²) in [6.07, 6.45) is -0.298. The highest BCUT2D eigenvalue weighted by molar-refractivity contribution is 6.04. The average Bonchev–Trinajstić information content (AvgIpc) is 3.01. The number of hydrogen-bond donors (Lipinski definition) is 2. The van der Waals surface area contributed by atoms with Gasteiger partial charge in [0.05, 0.1) is 30.0 Å². The molecule has 1 saturated heterocycles. The van der Waals surface area contributed by atoms with Crippen LogP contribution in [0.2, 0.25) is 0 Å². The summed E-state index contributed by atoms with van der Waals surface area (Å²) in [5, 5.41) is 5.93. The maximum atomic E-state index is 13.0. The molecule has 224 valence electrons. The number of benzene rings is 2. The molecule has 0 aliphatic carbocycles. The molecule has 2 aromatic carbocycles. The van der Waals surface area contributed by atoms with E-state index in [4.69, 9.17) is 9.47 Å². The molecule has 12 heteroatoms. The summed E-state index contributed by atoms with van der Waals surface area (Å²) in [6, 6.07) is 14.6. The van der Waals surface area contributed by atoms with E-state index in [1.807, 2.05) is 6.07 Å². The van der Waals surface area contributed by atoms with Crippen LogP contribution in [0, 0.1) is 6.92 Å². The molecule has 0 atom stereocenters. The first-order chi connectivity index (χ1) is 20.8. The molecule has 0 spiro atoms. The fourth-order valence-corrected chi connectivity index (χ4v) is 4.57. The quantitative estimate of drug-likeness (QED) is 0.215. The number of carbonyl (C=O) groups is 1. The highest BCUT2D eigenvalue weighted by Gasteiger charge is 2.31. The van der Waals surface area contributed by atoms with Crippen molar-refractivity contribution in [2.45, 2.75) is 19.5 Å². The van der Waals surface area contributed by atoms with Crippen LogP contribution in [0.5, 0.6) is 11.6 Å². The van der Waals surface area contributed by atoms with Gasteiger partial charge in [-0.2, -0.15) is 13.2 Å². The standard InChI is InChI=1S/C31H31F3N6O3/c1-21-19-24(38-28(41)22-5-2-6-23(20-22)31(32,33)34)8-9-27(21)43-29-25(7-3-11-35-29)26-10-13-37-30(39-26)36-12-4-14-40-15-17-42-18-16-40/h2-3,5-11,13,19-20H,4,12,14-18H2,1H3,(H,38,41)(H,36,37,39). The van der Waals surface area contributed by atoms with E-state index >= 15 is 0 Å². The van der Waals surface area contributed by atoms with Crippen molar-refractivity contribution < 1.29 is 27.4 Å². The molecule has 1 aliphatic rings. The molecular weight excluding hydrogens is 561 g/mol. The Morgan fingerprint density at radius 2 is 1.86 bits per heavy atom. The first-order valence-corrected chi connectivity index (χ1v) is 13.9. The van der Waals surface area contributed by atoms with Crippen LogP contribution in [0.15, 0.2) is 73.1 Å². The number of aryl methyl sites for hydroxylation is 1. The molecule has 43 heavy (non-hydrogen) atoms. The Kier molecular flexibility index (Phi) is 9.48. The van der Waals surface area contributed by atoms with Gasteiger partial charge >= 0.3 is 6.18 Å². The molecular formula is C31H31F3N6O3. The van der Waals surface area contributed by atoms with Crippen molar-refractivity contribution in [3.8, 4) is 22.9 Å². The number of aromatic nitrogens is 3. The van der Waals surface area contributed by atoms with Crippen molar-refractivity contribution in [3.63, 3.8) is 0 Å². The molecule has 1 fully saturated rings. The van der Waals surface area contributed by atoms with E-state index in [-0.39, 0.29) is 5.56 Å². The van der Waals surface area contributed by atoms with Gasteiger partial charge in [0.15, 0.2) is 0 Å². The van der Waals surface area contributed by atoms with Gasteiger partial charge in [0.1, 0.15) is 5.75 Å². The van der Waals surface area contributed by atoms with Gasteiger partial charge in [-0.05, 0) is 80.1 Å². The van der Waals surface area contributed by atoms with Gasteiger partial charge in [0, 0.05) is 43.3 Å². The fourth-order valence-electron chi connectivity index (χ4n) is 4.57. The summed E-state index contributed by atoms with van der Waals surface area (Å²) >= 11 is 0. The van der Waals surface area contributed by atoms with Crippen LogP contribution in [-0.4, -0.2) is 65.2 Å². The molecule has 9 nitrogen and oxygen atoms in total. The van der Waals surface area contributed by atoms with E-state index in [9.17, 15) is 18.0 Å². The van der Waals surface area contributed by atoms with Gasteiger partial charge in [-0.25, -0.2) is 15.0 Å². The van der Waals surface area contributed by atoms with Gasteiger partial charge in [0.25, 0.3) is 5.91 Å². The Morgan fingerprint density at radius 1 is 1.02 bits per heavy atom. The second-order valence-corrected chi connectivity index (χ2v) is 9.97. The van der Waals surface area contributed by atoms with Crippen LogP contribution in [0.4, 0.5) is 24.8 Å². The number of ether oxygens (including phenoxy) is 2. The molecule has 5 rings (SSSR count). The zero-order valence-corrected chi connectivity index (χ0v) is 23.5. The number of hydrogen-bond acceptors (Lipinski definition) is 8. The Hall–Kier alpha value is -4.55. The molecule has 1 amide bonds. The topological polar surface area (TPSA) is 102 Å². The number of nitrogens with one attached hydrogen (secondary N) is 2. The highest BCUT2D eigenvalue weighted by atomic mass is 19.4. The summed E-state index contributed by atoms with van der Waals surface area (Å²) in [4.78, 5) is 28.4. The molecule has 1 aliphatic heterocycles.